The van der Waals surface area contributed by atoms with Crippen LogP contribution in [-0.2, 0) is 6.42 Å². The van der Waals surface area contributed by atoms with E-state index >= 15 is 0 Å². The lowest BCUT2D eigenvalue weighted by Gasteiger charge is -2.17. The monoisotopic (exact) mass is 206 g/mol. The van der Waals surface area contributed by atoms with E-state index in [9.17, 15) is 0 Å². The first-order valence-electron chi connectivity index (χ1n) is 5.76. The Morgan fingerprint density at radius 1 is 1.20 bits per heavy atom. The molecule has 0 saturated heterocycles. The molecule has 0 radical (unpaired) electrons. The first kappa shape index (κ1) is 12.0. The third-order valence-corrected chi connectivity index (χ3v) is 2.70. The number of nitrogen functional groups attached to an aromatic ring is 1. The lowest BCUT2D eigenvalue weighted by Crippen LogP contribution is -2.08. The molecule has 1 heterocycles. The molecule has 0 bridgehead atoms. The predicted octanol–water partition coefficient (Wildman–Crippen LogP) is 3.47. The van der Waals surface area contributed by atoms with Crippen molar-refractivity contribution in [3.63, 3.8) is 0 Å². The molecule has 2 heteroatoms. The number of hydrogen-bond acceptors (Lipinski definition) is 2. The number of aryl methyl sites for hydroxylation is 1. The lowest BCUT2D eigenvalue weighted by atomic mass is 9.96. The molecule has 1 rings (SSSR count). The van der Waals surface area contributed by atoms with Gasteiger partial charge in [0.2, 0.25) is 0 Å². The normalized spacial score (nSPS) is 11.4. The molecule has 1 aromatic heterocycles. The predicted molar refractivity (Wildman–Crippen MR) is 66.2 cm³/mol. The first-order valence-corrected chi connectivity index (χ1v) is 5.76. The lowest BCUT2D eigenvalue weighted by molar-refractivity contribution is 0.789. The number of hydrogen-bond donors (Lipinski definition) is 1. The van der Waals surface area contributed by atoms with Crippen molar-refractivity contribution in [2.45, 2.75) is 52.9 Å². The standard InChI is InChI=1S/C13H22N2/c1-6-10-7-11(8(2)3)12(14)13(15-10)9(4)5/h7-9H,6,14H2,1-5H3. The van der Waals surface area contributed by atoms with Gasteiger partial charge in [0.25, 0.3) is 0 Å². The Balaban J connectivity index is 3.33. The Bertz CT molecular complexity index is 311. The molecule has 0 aliphatic heterocycles. The van der Waals surface area contributed by atoms with Gasteiger partial charge in [-0.2, -0.15) is 0 Å². The summed E-state index contributed by atoms with van der Waals surface area (Å²) in [4.78, 5) is 4.61. The summed E-state index contributed by atoms with van der Waals surface area (Å²) in [7, 11) is 0. The van der Waals surface area contributed by atoms with E-state index in [4.69, 9.17) is 5.73 Å². The quantitative estimate of drug-likeness (QED) is 0.822. The molecule has 1 aromatic rings. The van der Waals surface area contributed by atoms with Crippen LogP contribution in [0.2, 0.25) is 0 Å². The van der Waals surface area contributed by atoms with Crippen LogP contribution in [0.1, 0.15) is 63.4 Å². The highest BCUT2D eigenvalue weighted by Crippen LogP contribution is 2.29. The summed E-state index contributed by atoms with van der Waals surface area (Å²) in [6.07, 6.45) is 0.972. The summed E-state index contributed by atoms with van der Waals surface area (Å²) in [6.45, 7) is 10.8. The second kappa shape index (κ2) is 4.65. The number of anilines is 1. The minimum absolute atomic E-state index is 0.397. The molecule has 0 atom stereocenters. The molecule has 0 saturated carbocycles. The smallest absolute Gasteiger partial charge is 0.0664 e. The molecule has 2 N–H and O–H groups in total. The highest BCUT2D eigenvalue weighted by atomic mass is 14.8. The molecule has 0 aromatic carbocycles. The van der Waals surface area contributed by atoms with Crippen molar-refractivity contribution < 1.29 is 0 Å². The van der Waals surface area contributed by atoms with Crippen LogP contribution in [0.15, 0.2) is 6.07 Å². The highest BCUT2D eigenvalue weighted by molar-refractivity contribution is 5.54. The summed E-state index contributed by atoms with van der Waals surface area (Å²) in [6, 6.07) is 2.14. The van der Waals surface area contributed by atoms with Gasteiger partial charge in [-0.25, -0.2) is 0 Å². The number of rotatable bonds is 3. The van der Waals surface area contributed by atoms with Crippen LogP contribution in [-0.4, -0.2) is 4.98 Å². The van der Waals surface area contributed by atoms with Gasteiger partial charge >= 0.3 is 0 Å². The minimum Gasteiger partial charge on any atom is -0.397 e. The van der Waals surface area contributed by atoms with Crippen LogP contribution < -0.4 is 5.73 Å². The fourth-order valence-corrected chi connectivity index (χ4v) is 1.75. The van der Waals surface area contributed by atoms with Gasteiger partial charge in [-0.15, -0.1) is 0 Å². The summed E-state index contributed by atoms with van der Waals surface area (Å²) < 4.78 is 0. The van der Waals surface area contributed by atoms with Gasteiger partial charge in [0, 0.05) is 5.69 Å². The summed E-state index contributed by atoms with van der Waals surface area (Å²) >= 11 is 0. The molecule has 15 heavy (non-hydrogen) atoms. The van der Waals surface area contributed by atoms with Crippen molar-refractivity contribution in [2.75, 3.05) is 5.73 Å². The Labute approximate surface area is 92.9 Å². The van der Waals surface area contributed by atoms with Crippen molar-refractivity contribution >= 4 is 5.69 Å². The second-order valence-electron chi connectivity index (χ2n) is 4.66. The zero-order valence-corrected chi connectivity index (χ0v) is 10.5. The van der Waals surface area contributed by atoms with Crippen molar-refractivity contribution in [1.29, 1.82) is 0 Å². The second-order valence-corrected chi connectivity index (χ2v) is 4.66. The largest absolute Gasteiger partial charge is 0.397 e. The maximum atomic E-state index is 6.15. The van der Waals surface area contributed by atoms with Gasteiger partial charge in [-0.3, -0.25) is 4.98 Å². The Morgan fingerprint density at radius 3 is 2.20 bits per heavy atom. The van der Waals surface area contributed by atoms with Crippen molar-refractivity contribution in [1.82, 2.24) is 4.98 Å². The third-order valence-electron chi connectivity index (χ3n) is 2.70. The van der Waals surface area contributed by atoms with Crippen molar-refractivity contribution in [2.24, 2.45) is 0 Å². The number of nitrogens with two attached hydrogens (primary N) is 1. The molecule has 0 unspecified atom stereocenters. The van der Waals surface area contributed by atoms with E-state index in [1.165, 1.54) is 5.56 Å². The summed E-state index contributed by atoms with van der Waals surface area (Å²) in [5, 5.41) is 0. The van der Waals surface area contributed by atoms with Crippen LogP contribution >= 0.6 is 0 Å². The molecule has 2 nitrogen and oxygen atoms in total. The topological polar surface area (TPSA) is 38.9 Å². The zero-order valence-electron chi connectivity index (χ0n) is 10.5. The van der Waals surface area contributed by atoms with Crippen LogP contribution in [0, 0.1) is 0 Å². The third kappa shape index (κ3) is 2.49. The van der Waals surface area contributed by atoms with Gasteiger partial charge in [0.15, 0.2) is 0 Å². The van der Waals surface area contributed by atoms with Gasteiger partial charge in [0.1, 0.15) is 0 Å². The fourth-order valence-electron chi connectivity index (χ4n) is 1.75. The number of nitrogens with zero attached hydrogens (tertiary/aromatic N) is 1. The molecule has 0 spiro atoms. The van der Waals surface area contributed by atoms with E-state index < -0.39 is 0 Å². The molecule has 84 valence electrons. The molecular formula is C13H22N2. The summed E-state index contributed by atoms with van der Waals surface area (Å²) in [5.74, 6) is 0.866. The van der Waals surface area contributed by atoms with E-state index in [-0.39, 0.29) is 0 Å². The maximum absolute atomic E-state index is 6.15. The maximum Gasteiger partial charge on any atom is 0.0664 e. The molecule has 0 amide bonds. The fraction of sp³-hybridized carbons (Fsp3) is 0.615. The average Bonchev–Trinajstić information content (AvgIpc) is 2.17. The Hall–Kier alpha value is -1.05. The Kier molecular flexibility index (Phi) is 3.72. The van der Waals surface area contributed by atoms with Gasteiger partial charge in [-0.1, -0.05) is 34.6 Å². The van der Waals surface area contributed by atoms with Crippen LogP contribution in [0.25, 0.3) is 0 Å². The van der Waals surface area contributed by atoms with Gasteiger partial charge in [-0.05, 0) is 29.9 Å². The van der Waals surface area contributed by atoms with E-state index in [1.54, 1.807) is 0 Å². The van der Waals surface area contributed by atoms with Crippen molar-refractivity contribution in [3.8, 4) is 0 Å². The molecule has 0 aliphatic rings. The minimum atomic E-state index is 0.397. The number of pyridine rings is 1. The first-order chi connectivity index (χ1) is 6.97. The van der Waals surface area contributed by atoms with Gasteiger partial charge < -0.3 is 5.73 Å². The summed E-state index contributed by atoms with van der Waals surface area (Å²) in [5.41, 5.74) is 10.5. The van der Waals surface area contributed by atoms with E-state index in [1.807, 2.05) is 0 Å². The van der Waals surface area contributed by atoms with Gasteiger partial charge in [0.05, 0.1) is 11.4 Å². The van der Waals surface area contributed by atoms with E-state index in [2.05, 4.69) is 45.7 Å². The van der Waals surface area contributed by atoms with E-state index in [0.29, 0.717) is 11.8 Å². The Morgan fingerprint density at radius 2 is 1.80 bits per heavy atom. The van der Waals surface area contributed by atoms with Crippen LogP contribution in [0.5, 0.6) is 0 Å². The van der Waals surface area contributed by atoms with Crippen molar-refractivity contribution in [3.05, 3.63) is 23.0 Å². The highest BCUT2D eigenvalue weighted by Gasteiger charge is 2.14. The molecule has 0 aliphatic carbocycles. The average molecular weight is 206 g/mol. The zero-order chi connectivity index (χ0) is 11.6. The van der Waals surface area contributed by atoms with Crippen LogP contribution in [0.3, 0.4) is 0 Å². The number of aromatic nitrogens is 1. The SMILES string of the molecule is CCc1cc(C(C)C)c(N)c(C(C)C)n1. The molecule has 0 fully saturated rings. The molecular weight excluding hydrogens is 184 g/mol. The van der Waals surface area contributed by atoms with E-state index in [0.717, 1.165) is 23.5 Å². The van der Waals surface area contributed by atoms with Crippen LogP contribution in [0.4, 0.5) is 5.69 Å².